The lowest BCUT2D eigenvalue weighted by molar-refractivity contribution is -0.176. The molecule has 1 aliphatic rings. The molecule has 1 aromatic carbocycles. The summed E-state index contributed by atoms with van der Waals surface area (Å²) in [6.07, 6.45) is 1.58. The SMILES string of the molecule is CCNC(=NCCc1cccc(OC)c1O)NC1CC(C)(OC)C1(C)C. The van der Waals surface area contributed by atoms with Crippen LogP contribution in [-0.4, -0.2) is 50.0 Å². The van der Waals surface area contributed by atoms with E-state index >= 15 is 0 Å². The van der Waals surface area contributed by atoms with Crippen LogP contribution in [0.15, 0.2) is 23.2 Å². The molecule has 2 atom stereocenters. The molecule has 0 aliphatic heterocycles. The van der Waals surface area contributed by atoms with E-state index in [0.717, 1.165) is 24.5 Å². The molecule has 0 aromatic heterocycles. The Morgan fingerprint density at radius 2 is 2.04 bits per heavy atom. The third kappa shape index (κ3) is 3.90. The summed E-state index contributed by atoms with van der Waals surface area (Å²) in [5.41, 5.74) is 0.733. The molecule has 1 saturated carbocycles. The Hall–Kier alpha value is -1.95. The fraction of sp³-hybridized carbons (Fsp3) is 0.650. The molecule has 0 bridgehead atoms. The van der Waals surface area contributed by atoms with E-state index in [1.54, 1.807) is 20.3 Å². The summed E-state index contributed by atoms with van der Waals surface area (Å²) < 4.78 is 10.9. The molecule has 2 rings (SSSR count). The largest absolute Gasteiger partial charge is 0.504 e. The molecule has 0 heterocycles. The average Bonchev–Trinajstić information content (AvgIpc) is 2.62. The summed E-state index contributed by atoms with van der Waals surface area (Å²) >= 11 is 0. The molecule has 3 N–H and O–H groups in total. The van der Waals surface area contributed by atoms with E-state index in [2.05, 4.69) is 43.3 Å². The van der Waals surface area contributed by atoms with Gasteiger partial charge in [0.25, 0.3) is 0 Å². The highest BCUT2D eigenvalue weighted by Crippen LogP contribution is 2.51. The van der Waals surface area contributed by atoms with Gasteiger partial charge in [0.05, 0.1) is 12.7 Å². The number of hydrogen-bond acceptors (Lipinski definition) is 4. The highest BCUT2D eigenvalue weighted by Gasteiger charge is 2.58. The molecule has 0 amide bonds. The highest BCUT2D eigenvalue weighted by molar-refractivity contribution is 5.80. The van der Waals surface area contributed by atoms with Gasteiger partial charge >= 0.3 is 0 Å². The van der Waals surface area contributed by atoms with E-state index in [4.69, 9.17) is 9.47 Å². The zero-order valence-corrected chi connectivity index (χ0v) is 16.8. The van der Waals surface area contributed by atoms with Crippen LogP contribution < -0.4 is 15.4 Å². The molecular weight excluding hydrogens is 330 g/mol. The number of methoxy groups -OCH3 is 2. The second kappa shape index (κ2) is 8.16. The topological polar surface area (TPSA) is 75.1 Å². The molecule has 0 spiro atoms. The van der Waals surface area contributed by atoms with Crippen molar-refractivity contribution >= 4 is 5.96 Å². The van der Waals surface area contributed by atoms with Gasteiger partial charge < -0.3 is 25.2 Å². The van der Waals surface area contributed by atoms with Crippen LogP contribution in [0.5, 0.6) is 11.5 Å². The quantitative estimate of drug-likeness (QED) is 0.513. The lowest BCUT2D eigenvalue weighted by Crippen LogP contribution is -2.69. The smallest absolute Gasteiger partial charge is 0.191 e. The second-order valence-electron chi connectivity index (χ2n) is 7.54. The maximum atomic E-state index is 10.2. The number of nitrogens with zero attached hydrogens (tertiary/aromatic N) is 1. The normalized spacial score (nSPS) is 24.7. The lowest BCUT2D eigenvalue weighted by Gasteiger charge is -2.59. The Labute approximate surface area is 157 Å². The third-order valence-electron chi connectivity index (χ3n) is 5.89. The minimum absolute atomic E-state index is 0.0169. The van der Waals surface area contributed by atoms with Gasteiger partial charge in [-0.25, -0.2) is 0 Å². The Morgan fingerprint density at radius 3 is 2.62 bits per heavy atom. The zero-order valence-electron chi connectivity index (χ0n) is 16.8. The number of rotatable bonds is 7. The lowest BCUT2D eigenvalue weighted by atomic mass is 9.56. The van der Waals surface area contributed by atoms with Crippen molar-refractivity contribution in [3.05, 3.63) is 23.8 Å². The van der Waals surface area contributed by atoms with Gasteiger partial charge in [-0.1, -0.05) is 26.0 Å². The first-order valence-electron chi connectivity index (χ1n) is 9.24. The van der Waals surface area contributed by atoms with Crippen LogP contribution in [-0.2, 0) is 11.2 Å². The van der Waals surface area contributed by atoms with E-state index in [9.17, 15) is 5.11 Å². The molecule has 6 nitrogen and oxygen atoms in total. The van der Waals surface area contributed by atoms with Crippen molar-refractivity contribution < 1.29 is 14.6 Å². The number of guanidine groups is 1. The van der Waals surface area contributed by atoms with Gasteiger partial charge in [0.2, 0.25) is 0 Å². The van der Waals surface area contributed by atoms with Gasteiger partial charge in [-0.05, 0) is 38.3 Å². The minimum Gasteiger partial charge on any atom is -0.504 e. The fourth-order valence-corrected chi connectivity index (χ4v) is 3.43. The summed E-state index contributed by atoms with van der Waals surface area (Å²) in [7, 11) is 3.33. The highest BCUT2D eigenvalue weighted by atomic mass is 16.5. The van der Waals surface area contributed by atoms with Crippen LogP contribution in [0.3, 0.4) is 0 Å². The Kier molecular flexibility index (Phi) is 6.39. The molecule has 1 aliphatic carbocycles. The average molecular weight is 364 g/mol. The Morgan fingerprint density at radius 1 is 1.31 bits per heavy atom. The third-order valence-corrected chi connectivity index (χ3v) is 5.89. The number of nitrogens with one attached hydrogen (secondary N) is 2. The predicted octanol–water partition coefficient (Wildman–Crippen LogP) is 2.70. The molecule has 6 heteroatoms. The molecule has 1 aromatic rings. The summed E-state index contributed by atoms with van der Waals surface area (Å²) in [6.45, 7) is 10.0. The summed E-state index contributed by atoms with van der Waals surface area (Å²) in [4.78, 5) is 4.67. The number of phenols is 1. The molecule has 0 saturated heterocycles. The van der Waals surface area contributed by atoms with Crippen LogP contribution in [0.2, 0.25) is 0 Å². The van der Waals surface area contributed by atoms with Crippen molar-refractivity contribution in [2.24, 2.45) is 10.4 Å². The van der Waals surface area contributed by atoms with Crippen molar-refractivity contribution in [2.75, 3.05) is 27.3 Å². The second-order valence-corrected chi connectivity index (χ2v) is 7.54. The van der Waals surface area contributed by atoms with Crippen LogP contribution in [0, 0.1) is 5.41 Å². The van der Waals surface area contributed by atoms with Crippen molar-refractivity contribution in [1.82, 2.24) is 10.6 Å². The number of hydrogen-bond donors (Lipinski definition) is 3. The molecule has 2 unspecified atom stereocenters. The minimum atomic E-state index is -0.117. The number of phenolic OH excluding ortho intramolecular Hbond substituents is 1. The summed E-state index contributed by atoms with van der Waals surface area (Å²) in [5.74, 6) is 1.48. The van der Waals surface area contributed by atoms with Crippen LogP contribution in [0.1, 0.15) is 39.7 Å². The van der Waals surface area contributed by atoms with Crippen LogP contribution in [0.25, 0.3) is 0 Å². The van der Waals surface area contributed by atoms with Crippen molar-refractivity contribution in [3.8, 4) is 11.5 Å². The van der Waals surface area contributed by atoms with E-state index in [1.807, 2.05) is 12.1 Å². The van der Waals surface area contributed by atoms with Crippen LogP contribution in [0.4, 0.5) is 0 Å². The first-order chi connectivity index (χ1) is 12.3. The van der Waals surface area contributed by atoms with Gasteiger partial charge in [-0.3, -0.25) is 4.99 Å². The van der Waals surface area contributed by atoms with Crippen molar-refractivity contribution in [2.45, 2.75) is 52.2 Å². The number of benzene rings is 1. The molecule has 26 heavy (non-hydrogen) atoms. The number of aliphatic imine (C=N–C) groups is 1. The van der Waals surface area contributed by atoms with E-state index in [1.165, 1.54) is 0 Å². The molecular formula is C20H33N3O3. The van der Waals surface area contributed by atoms with Gasteiger partial charge in [-0.15, -0.1) is 0 Å². The monoisotopic (exact) mass is 363 g/mol. The first kappa shape index (κ1) is 20.4. The van der Waals surface area contributed by atoms with E-state index in [0.29, 0.717) is 24.8 Å². The zero-order chi connectivity index (χ0) is 19.4. The summed E-state index contributed by atoms with van der Waals surface area (Å²) in [6, 6.07) is 5.82. The Balaban J connectivity index is 2.00. The van der Waals surface area contributed by atoms with Crippen LogP contribution >= 0.6 is 0 Å². The predicted molar refractivity (Wildman–Crippen MR) is 105 cm³/mol. The standard InChI is InChI=1S/C20H33N3O3/c1-7-21-18(23-16-13-20(4,26-6)19(16,2)3)22-12-11-14-9-8-10-15(25-5)17(14)24/h8-10,16,24H,7,11-13H2,1-6H3,(H2,21,22,23). The number of para-hydroxylation sites is 1. The Bertz CT molecular complexity index is 645. The maximum Gasteiger partial charge on any atom is 0.191 e. The van der Waals surface area contributed by atoms with Gasteiger partial charge in [0.1, 0.15) is 0 Å². The molecule has 0 radical (unpaired) electrons. The van der Waals surface area contributed by atoms with Gasteiger partial charge in [-0.2, -0.15) is 0 Å². The summed E-state index contributed by atoms with van der Waals surface area (Å²) in [5, 5.41) is 17.0. The first-order valence-corrected chi connectivity index (χ1v) is 9.24. The maximum absolute atomic E-state index is 10.2. The number of aromatic hydroxyl groups is 1. The van der Waals surface area contributed by atoms with Gasteiger partial charge in [0.15, 0.2) is 17.5 Å². The van der Waals surface area contributed by atoms with E-state index in [-0.39, 0.29) is 16.8 Å². The fourth-order valence-electron chi connectivity index (χ4n) is 3.43. The van der Waals surface area contributed by atoms with Gasteiger partial charge in [0, 0.05) is 31.7 Å². The van der Waals surface area contributed by atoms with Crippen molar-refractivity contribution in [3.63, 3.8) is 0 Å². The molecule has 1 fully saturated rings. The number of ether oxygens (including phenoxy) is 2. The van der Waals surface area contributed by atoms with E-state index < -0.39 is 0 Å². The van der Waals surface area contributed by atoms with Crippen molar-refractivity contribution in [1.29, 1.82) is 0 Å². The molecule has 146 valence electrons.